The van der Waals surface area contributed by atoms with Gasteiger partial charge >= 0.3 is 36.9 Å². The molecule has 0 bridgehead atoms. The van der Waals surface area contributed by atoms with Crippen molar-refractivity contribution in [3.63, 3.8) is 0 Å². The monoisotopic (exact) mass is 1660 g/mol. The van der Waals surface area contributed by atoms with Gasteiger partial charge in [0.25, 0.3) is 0 Å². The van der Waals surface area contributed by atoms with Crippen LogP contribution in [-0.4, -0.2) is 270 Å². The molecule has 0 unspecified atom stereocenters. The Morgan fingerprint density at radius 2 is 1.14 bits per heavy atom. The first-order valence-electron chi connectivity index (χ1n) is 35.0. The van der Waals surface area contributed by atoms with Gasteiger partial charge in [0.1, 0.15) is 42.3 Å². The van der Waals surface area contributed by atoms with Gasteiger partial charge in [0.15, 0.2) is 5.96 Å². The molecule has 2 fully saturated rings. The molecule has 2 aliphatic heterocycles. The summed E-state index contributed by atoms with van der Waals surface area (Å²) in [6.45, 7) is -0.999. The third-order valence-electron chi connectivity index (χ3n) is 17.5. The Balaban J connectivity index is 0.0000205. The number of nitrogens with two attached hydrogens (primary N) is 3. The zero-order chi connectivity index (χ0) is 77.1. The average Bonchev–Trinajstić information content (AvgIpc) is 1.74. The van der Waals surface area contributed by atoms with Crippen LogP contribution >= 0.6 is 0 Å². The summed E-state index contributed by atoms with van der Waals surface area (Å²) in [5.74, 6) is -14.1. The van der Waals surface area contributed by atoms with Crippen molar-refractivity contribution in [1.29, 1.82) is 0 Å². The molecule has 6 rings (SSSR count). The molecule has 39 heteroatoms. The van der Waals surface area contributed by atoms with E-state index in [1.54, 1.807) is 54.4 Å². The minimum Gasteiger partial charge on any atom is -0.549 e. The maximum absolute atomic E-state index is 14.9. The molecule has 2 aromatic carbocycles. The molecule has 38 nitrogen and oxygen atoms in total. The number of amides is 11. The standard InChI is InChI=1S/C68H99N21O17.Lu/c1-2-3-15-48(79-56(92)36-76-55(91)35-77-57(93)37-86-21-23-87(38-58(94)95)25-27-89(40-60(98)99)28-26-88(24-22-86)39-59(96)97)62(101)85-53-32-54(90)73-19-10-9-17-47(61(69)100)80-65(104)51(30-43-33-75-46-16-8-7-14-45(43)46)83-63(102)49(18-11-20-74-68(70)71)81-64(103)50(29-42-12-5-4-6-13-42)82-66(105)52(84-67(53)106)31-44-34-72-41-78-44;/h4-8,12-14,16,33-34,41,47-53,75H,2-3,9-11,15,17-32,35-40H2,1H3,(H2,69,100)(H,72,78)(H,73,90)(H,76,91)(H,77,93)(H,79,92)(H,80,104)(H,81,103)(H,82,105)(H,83,102)(H,84,106)(H,85,101)(H,94,95)(H,96,97)(H,98,99)(H4,70,71,74);/q;+3/p-3/t47-,48-,49-,50+,51-,52-,53-;/m0./s1/i;1+2. The Hall–Kier alpha value is -9.89. The van der Waals surface area contributed by atoms with Crippen LogP contribution < -0.4 is 85.7 Å². The zero-order valence-electron chi connectivity index (χ0n) is 59.4. The van der Waals surface area contributed by atoms with E-state index in [0.717, 1.165) is 10.9 Å². The molecule has 0 aliphatic carbocycles. The number of primary amides is 1. The number of aliphatic carboxylic acids is 3. The average molecular weight is 1660 g/mol. The number of aliphatic imine (C=N–C) groups is 1. The summed E-state index contributed by atoms with van der Waals surface area (Å²) in [5.41, 5.74) is 19.3. The number of nitrogens with zero attached hydrogens (tertiary/aromatic N) is 6. The van der Waals surface area contributed by atoms with Gasteiger partial charge in [0.2, 0.25) is 65.0 Å². The molecule has 0 spiro atoms. The molecule has 2 saturated heterocycles. The fourth-order valence-corrected chi connectivity index (χ4v) is 11.8. The number of unbranched alkanes of at least 4 members (excludes halogenated alkanes) is 1. The van der Waals surface area contributed by atoms with E-state index in [0.29, 0.717) is 29.7 Å². The Morgan fingerprint density at radius 3 is 1.72 bits per heavy atom. The Labute approximate surface area is 646 Å². The van der Waals surface area contributed by atoms with Crippen molar-refractivity contribution >= 4 is 99.7 Å². The van der Waals surface area contributed by atoms with Gasteiger partial charge in [-0.15, -0.1) is 0 Å². The number of carboxylic acids is 3. The van der Waals surface area contributed by atoms with E-state index < -0.39 is 164 Å². The molecule has 0 radical (unpaired) electrons. The summed E-state index contributed by atoms with van der Waals surface area (Å²) >= 11 is 0. The molecule has 0 saturated carbocycles. The molecule has 590 valence electrons. The minimum absolute atomic E-state index is 0. The number of guanidine groups is 1. The smallest absolute Gasteiger partial charge is 0.549 e. The van der Waals surface area contributed by atoms with Crippen molar-refractivity contribution in [3.8, 4) is 0 Å². The van der Waals surface area contributed by atoms with Gasteiger partial charge in [0, 0.05) is 133 Å². The molecule has 4 heterocycles. The van der Waals surface area contributed by atoms with E-state index in [1.165, 1.54) is 27.2 Å². The van der Waals surface area contributed by atoms with Gasteiger partial charge in [-0.1, -0.05) is 68.3 Å². The van der Waals surface area contributed by atoms with Gasteiger partial charge in [-0.2, -0.15) is 0 Å². The molecule has 2 aliphatic rings. The van der Waals surface area contributed by atoms with Gasteiger partial charge in [-0.25, -0.2) is 4.98 Å². The second-order valence-electron chi connectivity index (χ2n) is 25.8. The number of hydrogen-bond donors (Lipinski definition) is 15. The summed E-state index contributed by atoms with van der Waals surface area (Å²) in [7, 11) is 0. The zero-order valence-corrected chi connectivity index (χ0v) is 61.0. The number of carbonyl (C=O) groups is 14. The number of carbonyl (C=O) groups excluding carboxylic acids is 14. The van der Waals surface area contributed by atoms with Crippen molar-refractivity contribution in [2.45, 2.75) is 126 Å². The predicted octanol–water partition coefficient (Wildman–Crippen LogP) is -9.56. The van der Waals surface area contributed by atoms with Crippen LogP contribution in [0.4, 0.5) is 0 Å². The summed E-state index contributed by atoms with van der Waals surface area (Å²) in [5, 5.41) is 61.6. The van der Waals surface area contributed by atoms with Crippen LogP contribution in [0.5, 0.6) is 0 Å². The predicted molar refractivity (Wildman–Crippen MR) is 375 cm³/mol. The molecular weight excluding hydrogens is 1560 g/mol. The number of H-pyrrole nitrogens is 2. The van der Waals surface area contributed by atoms with Crippen LogP contribution in [0.2, 0.25) is 0 Å². The first-order valence-corrected chi connectivity index (χ1v) is 35.0. The van der Waals surface area contributed by atoms with Crippen molar-refractivity contribution in [2.24, 2.45) is 22.2 Å². The number of aromatic amines is 2. The molecule has 7 atom stereocenters. The third kappa shape index (κ3) is 32.4. The Bertz CT molecular complexity index is 3640. The summed E-state index contributed by atoms with van der Waals surface area (Å²) in [4.78, 5) is 211. The third-order valence-corrected chi connectivity index (χ3v) is 17.5. The van der Waals surface area contributed by atoms with Gasteiger partial charge in [0.05, 0.1) is 50.3 Å². The van der Waals surface area contributed by atoms with Crippen LogP contribution in [0.3, 0.4) is 0 Å². The normalized spacial score (nSPS) is 20.3. The second-order valence-corrected chi connectivity index (χ2v) is 25.8. The number of carboxylic acid groups (broad SMARTS) is 3. The number of aromatic nitrogens is 3. The number of nitrogens with one attached hydrogen (secondary N) is 12. The van der Waals surface area contributed by atoms with Gasteiger partial charge in [-0.3, -0.25) is 77.3 Å². The molecule has 4 aromatic rings. The fourth-order valence-electron chi connectivity index (χ4n) is 11.8. The van der Waals surface area contributed by atoms with Crippen LogP contribution in [0.1, 0.15) is 81.5 Å². The maximum atomic E-state index is 14.9. The van der Waals surface area contributed by atoms with Crippen molar-refractivity contribution in [3.05, 3.63) is 90.1 Å². The molecule has 107 heavy (non-hydrogen) atoms. The Kier molecular flexibility index (Phi) is 37.9. The Morgan fingerprint density at radius 1 is 0.607 bits per heavy atom. The summed E-state index contributed by atoms with van der Waals surface area (Å²) in [6, 6.07) is 5.29. The first-order chi connectivity index (χ1) is 50.7. The number of hydrogen-bond acceptors (Lipinski definition) is 23. The van der Waals surface area contributed by atoms with E-state index in [9.17, 15) is 82.4 Å². The number of benzene rings is 2. The van der Waals surface area contributed by atoms with E-state index in [1.807, 2.05) is 18.2 Å². The van der Waals surface area contributed by atoms with Crippen LogP contribution in [-0.2, 0) is 86.4 Å². The largest absolute Gasteiger partial charge is 3.00 e. The summed E-state index contributed by atoms with van der Waals surface area (Å²) in [6.07, 6.45) is 4.08. The van der Waals surface area contributed by atoms with Crippen LogP contribution in [0.15, 0.2) is 78.3 Å². The second kappa shape index (κ2) is 46.2. The van der Waals surface area contributed by atoms with E-state index in [-0.39, 0.29) is 173 Å². The number of fused-ring (bicyclic) bond motifs is 1. The van der Waals surface area contributed by atoms with Crippen molar-refractivity contribution in [1.82, 2.24) is 87.7 Å². The van der Waals surface area contributed by atoms with E-state index >= 15 is 0 Å². The van der Waals surface area contributed by atoms with Gasteiger partial charge < -0.3 is 110 Å². The molecule has 18 N–H and O–H groups in total. The molecular formula is C68H96LuN21O17. The topological polar surface area (TPSA) is 576 Å². The molecule has 2 aromatic heterocycles. The fraction of sp³-hybridized carbons (Fsp3) is 0.529. The minimum atomic E-state index is -1.79. The van der Waals surface area contributed by atoms with Crippen molar-refractivity contribution in [2.75, 3.05) is 105 Å². The van der Waals surface area contributed by atoms with Gasteiger partial charge in [-0.05, 0) is 55.7 Å². The van der Waals surface area contributed by atoms with E-state index in [2.05, 4.69) is 73.1 Å². The first kappa shape index (κ1) is 87.7. The van der Waals surface area contributed by atoms with E-state index in [4.69, 9.17) is 17.2 Å². The summed E-state index contributed by atoms with van der Waals surface area (Å²) < 4.78 is 0. The molecule has 11 amide bonds. The number of para-hydroxylation sites is 1. The van der Waals surface area contributed by atoms with Crippen LogP contribution in [0, 0.1) is 36.9 Å². The number of imidazole rings is 1. The van der Waals surface area contributed by atoms with Crippen LogP contribution in [0.25, 0.3) is 10.9 Å². The SMILES string of the molecule is CCCC[C@H](NC(=O)CNC(=O)CNC(=O)CN1CCN(CC(=O)[O-])CCN(CC(=O)[O-])CCN(CC(=O)[O-])CC1)C(=O)N[C@H]1CC(=O)NCCCC[C@@H](C(N)=O)NC(=O)[C@H](Cc2c[nH]c3ccccc23)NC(=O)[C@H](CCCN=C(N)N)NC(=O)[C@@H](Cc2ccccc2)NC(=O)[C@H](Cc2cnc[nH]2)NC1=O.[177Lu+3]. The number of rotatable bonds is 29. The quantitative estimate of drug-likeness (QED) is 0.0136. The maximum Gasteiger partial charge on any atom is 3.00 e. The van der Waals surface area contributed by atoms with Crippen molar-refractivity contribution < 1.29 is 119 Å².